The van der Waals surface area contributed by atoms with Crippen LogP contribution >= 0.6 is 0 Å². The van der Waals surface area contributed by atoms with Crippen molar-refractivity contribution in [3.63, 3.8) is 0 Å². The summed E-state index contributed by atoms with van der Waals surface area (Å²) in [6.07, 6.45) is 1.55. The third kappa shape index (κ3) is 3.56. The summed E-state index contributed by atoms with van der Waals surface area (Å²) in [5.74, 6) is 0.643. The van der Waals surface area contributed by atoms with E-state index in [0.29, 0.717) is 12.0 Å². The molecule has 3 nitrogen and oxygen atoms in total. The van der Waals surface area contributed by atoms with E-state index in [0.717, 1.165) is 26.1 Å². The van der Waals surface area contributed by atoms with Gasteiger partial charge in [-0.15, -0.1) is 0 Å². The van der Waals surface area contributed by atoms with E-state index >= 15 is 0 Å². The molecule has 14 heavy (non-hydrogen) atoms. The molecular formula is C11H23NO2. The van der Waals surface area contributed by atoms with Crippen molar-refractivity contribution in [1.29, 1.82) is 0 Å². The minimum absolute atomic E-state index is 0.0112. The highest BCUT2D eigenvalue weighted by atomic mass is 16.5. The molecule has 1 aliphatic heterocycles. The van der Waals surface area contributed by atoms with Gasteiger partial charge in [0.15, 0.2) is 0 Å². The number of nitrogens with one attached hydrogen (secondary N) is 1. The molecule has 1 fully saturated rings. The molecule has 0 amide bonds. The van der Waals surface area contributed by atoms with E-state index in [1.165, 1.54) is 0 Å². The molecular weight excluding hydrogens is 178 g/mol. The van der Waals surface area contributed by atoms with Gasteiger partial charge in [-0.05, 0) is 19.3 Å². The molecule has 0 aromatic heterocycles. The summed E-state index contributed by atoms with van der Waals surface area (Å²) in [7, 11) is 0. The van der Waals surface area contributed by atoms with Crippen molar-refractivity contribution < 1.29 is 9.84 Å². The highest BCUT2D eigenvalue weighted by molar-refractivity contribution is 4.77. The minimum atomic E-state index is -0.0112. The average molecular weight is 201 g/mol. The Kier molecular flexibility index (Phi) is 4.35. The van der Waals surface area contributed by atoms with Gasteiger partial charge in [0.25, 0.3) is 0 Å². The lowest BCUT2D eigenvalue weighted by atomic mass is 9.94. The maximum absolute atomic E-state index is 9.07. The SMILES string of the molecule is CC1OCCC1CNCC(C)(C)CO. The summed E-state index contributed by atoms with van der Waals surface area (Å²) in [6, 6.07) is 0. The van der Waals surface area contributed by atoms with Gasteiger partial charge in [-0.3, -0.25) is 0 Å². The second kappa shape index (κ2) is 5.10. The Morgan fingerprint density at radius 1 is 1.50 bits per heavy atom. The largest absolute Gasteiger partial charge is 0.396 e. The van der Waals surface area contributed by atoms with E-state index in [9.17, 15) is 0 Å². The molecule has 1 heterocycles. The van der Waals surface area contributed by atoms with Gasteiger partial charge in [-0.1, -0.05) is 13.8 Å². The lowest BCUT2D eigenvalue weighted by Crippen LogP contribution is -2.36. The van der Waals surface area contributed by atoms with Crippen LogP contribution in [0, 0.1) is 11.3 Å². The summed E-state index contributed by atoms with van der Waals surface area (Å²) >= 11 is 0. The van der Waals surface area contributed by atoms with Crippen molar-refractivity contribution in [3.8, 4) is 0 Å². The highest BCUT2D eigenvalue weighted by Crippen LogP contribution is 2.20. The van der Waals surface area contributed by atoms with Crippen LogP contribution in [0.25, 0.3) is 0 Å². The molecule has 1 saturated heterocycles. The fourth-order valence-electron chi connectivity index (χ4n) is 1.70. The Morgan fingerprint density at radius 2 is 2.21 bits per heavy atom. The Morgan fingerprint density at radius 3 is 2.71 bits per heavy atom. The molecule has 0 aliphatic carbocycles. The van der Waals surface area contributed by atoms with Gasteiger partial charge >= 0.3 is 0 Å². The summed E-state index contributed by atoms with van der Waals surface area (Å²) in [4.78, 5) is 0. The Labute approximate surface area is 86.8 Å². The molecule has 0 aromatic carbocycles. The molecule has 3 heteroatoms. The fourth-order valence-corrected chi connectivity index (χ4v) is 1.70. The second-order valence-corrected chi connectivity index (χ2v) is 5.08. The van der Waals surface area contributed by atoms with E-state index in [-0.39, 0.29) is 12.0 Å². The highest BCUT2D eigenvalue weighted by Gasteiger charge is 2.24. The molecule has 2 atom stereocenters. The molecule has 0 bridgehead atoms. The lowest BCUT2D eigenvalue weighted by Gasteiger charge is -2.23. The molecule has 1 rings (SSSR count). The van der Waals surface area contributed by atoms with Crippen molar-refractivity contribution in [2.45, 2.75) is 33.3 Å². The summed E-state index contributed by atoms with van der Waals surface area (Å²) < 4.78 is 5.49. The van der Waals surface area contributed by atoms with E-state index in [1.807, 2.05) is 0 Å². The minimum Gasteiger partial charge on any atom is -0.396 e. The van der Waals surface area contributed by atoms with Gasteiger partial charge in [0.05, 0.1) is 6.10 Å². The number of aliphatic hydroxyl groups is 1. The van der Waals surface area contributed by atoms with E-state index < -0.39 is 0 Å². The van der Waals surface area contributed by atoms with Gasteiger partial charge in [0, 0.05) is 31.7 Å². The van der Waals surface area contributed by atoms with Gasteiger partial charge in [-0.2, -0.15) is 0 Å². The zero-order valence-electron chi connectivity index (χ0n) is 9.55. The molecule has 0 aromatic rings. The zero-order chi connectivity index (χ0) is 10.6. The van der Waals surface area contributed by atoms with Crippen LogP contribution in [0.15, 0.2) is 0 Å². The van der Waals surface area contributed by atoms with Crippen molar-refractivity contribution in [2.75, 3.05) is 26.3 Å². The fraction of sp³-hybridized carbons (Fsp3) is 1.00. The van der Waals surface area contributed by atoms with Gasteiger partial charge in [0.1, 0.15) is 0 Å². The van der Waals surface area contributed by atoms with Gasteiger partial charge in [0.2, 0.25) is 0 Å². The molecule has 0 radical (unpaired) electrons. The van der Waals surface area contributed by atoms with Crippen LogP contribution < -0.4 is 5.32 Å². The number of ether oxygens (including phenoxy) is 1. The summed E-state index contributed by atoms with van der Waals surface area (Å²) in [5, 5.41) is 12.5. The maximum atomic E-state index is 9.07. The Bertz CT molecular complexity index is 171. The molecule has 0 saturated carbocycles. The standard InChI is InChI=1S/C11H23NO2/c1-9-10(4-5-14-9)6-12-7-11(2,3)8-13/h9-10,12-13H,4-8H2,1-3H3. The third-order valence-electron chi connectivity index (χ3n) is 2.97. The Hall–Kier alpha value is -0.120. The van der Waals surface area contributed by atoms with Crippen LogP contribution in [-0.4, -0.2) is 37.5 Å². The summed E-state index contributed by atoms with van der Waals surface area (Å²) in [6.45, 7) is 9.27. The topological polar surface area (TPSA) is 41.5 Å². The normalized spacial score (nSPS) is 28.3. The average Bonchev–Trinajstić information content (AvgIpc) is 2.52. The first-order valence-electron chi connectivity index (χ1n) is 5.48. The van der Waals surface area contributed by atoms with Crippen molar-refractivity contribution in [3.05, 3.63) is 0 Å². The molecule has 84 valence electrons. The Balaban J connectivity index is 2.15. The van der Waals surface area contributed by atoms with Crippen LogP contribution in [0.2, 0.25) is 0 Å². The molecule has 2 N–H and O–H groups in total. The van der Waals surface area contributed by atoms with Gasteiger partial charge < -0.3 is 15.2 Å². The predicted octanol–water partition coefficient (Wildman–Crippen LogP) is 1.02. The zero-order valence-corrected chi connectivity index (χ0v) is 9.55. The summed E-state index contributed by atoms with van der Waals surface area (Å²) in [5.41, 5.74) is -0.0112. The number of hydrogen-bond acceptors (Lipinski definition) is 3. The van der Waals surface area contributed by atoms with Crippen LogP contribution in [0.5, 0.6) is 0 Å². The van der Waals surface area contributed by atoms with Crippen LogP contribution in [0.1, 0.15) is 27.2 Å². The van der Waals surface area contributed by atoms with Crippen molar-refractivity contribution >= 4 is 0 Å². The smallest absolute Gasteiger partial charge is 0.0588 e. The lowest BCUT2D eigenvalue weighted by molar-refractivity contribution is 0.103. The molecule has 0 spiro atoms. The van der Waals surface area contributed by atoms with Crippen molar-refractivity contribution in [1.82, 2.24) is 5.32 Å². The predicted molar refractivity (Wildman–Crippen MR) is 57.3 cm³/mol. The van der Waals surface area contributed by atoms with Crippen LogP contribution in [-0.2, 0) is 4.74 Å². The number of rotatable bonds is 5. The number of hydrogen-bond donors (Lipinski definition) is 2. The van der Waals surface area contributed by atoms with E-state index in [4.69, 9.17) is 9.84 Å². The third-order valence-corrected chi connectivity index (χ3v) is 2.97. The first kappa shape index (κ1) is 12.0. The van der Waals surface area contributed by atoms with E-state index in [1.54, 1.807) is 0 Å². The van der Waals surface area contributed by atoms with Crippen LogP contribution in [0.4, 0.5) is 0 Å². The van der Waals surface area contributed by atoms with Crippen molar-refractivity contribution in [2.24, 2.45) is 11.3 Å². The quantitative estimate of drug-likeness (QED) is 0.698. The van der Waals surface area contributed by atoms with Crippen LogP contribution in [0.3, 0.4) is 0 Å². The first-order chi connectivity index (χ1) is 6.55. The first-order valence-corrected chi connectivity index (χ1v) is 5.48. The van der Waals surface area contributed by atoms with Gasteiger partial charge in [-0.25, -0.2) is 0 Å². The second-order valence-electron chi connectivity index (χ2n) is 5.08. The van der Waals surface area contributed by atoms with E-state index in [2.05, 4.69) is 26.1 Å². The molecule has 1 aliphatic rings. The number of aliphatic hydroxyl groups excluding tert-OH is 1. The maximum Gasteiger partial charge on any atom is 0.0588 e. The molecule has 2 unspecified atom stereocenters. The monoisotopic (exact) mass is 201 g/mol.